The number of hydrogen-bond donors (Lipinski definition) is 2. The highest BCUT2D eigenvalue weighted by Crippen LogP contribution is 2.30. The summed E-state index contributed by atoms with van der Waals surface area (Å²) in [5, 5.41) is 2.82. The summed E-state index contributed by atoms with van der Waals surface area (Å²) >= 11 is 0. The molecular formula is C16H16FN3O. The minimum atomic E-state index is -0.290. The summed E-state index contributed by atoms with van der Waals surface area (Å²) in [6.07, 6.45) is 0. The second-order valence-electron chi connectivity index (χ2n) is 5.05. The third-order valence-corrected chi connectivity index (χ3v) is 3.57. The zero-order valence-electron chi connectivity index (χ0n) is 11.5. The molecule has 1 aliphatic rings. The Morgan fingerprint density at radius 3 is 2.81 bits per heavy atom. The van der Waals surface area contributed by atoms with E-state index < -0.39 is 0 Å². The van der Waals surface area contributed by atoms with Gasteiger partial charge in [-0.15, -0.1) is 0 Å². The van der Waals surface area contributed by atoms with Crippen molar-refractivity contribution in [2.24, 2.45) is 5.73 Å². The standard InChI is InChI=1S/C16H16FN3O/c17-13-7-11(8-18)5-6-12(13)9-20-10-16(21)19-14-3-1-2-4-15(14)20/h1-7H,8-10,18H2,(H,19,21). The molecule has 0 saturated heterocycles. The summed E-state index contributed by atoms with van der Waals surface area (Å²) in [7, 11) is 0. The van der Waals surface area contributed by atoms with Crippen LogP contribution in [0.5, 0.6) is 0 Å². The molecule has 1 aliphatic heterocycles. The van der Waals surface area contributed by atoms with E-state index in [2.05, 4.69) is 5.32 Å². The van der Waals surface area contributed by atoms with Crippen molar-refractivity contribution < 1.29 is 9.18 Å². The number of carbonyl (C=O) groups excluding carboxylic acids is 1. The lowest BCUT2D eigenvalue weighted by Gasteiger charge is -2.31. The Morgan fingerprint density at radius 2 is 2.05 bits per heavy atom. The number of halogens is 1. The summed E-state index contributed by atoms with van der Waals surface area (Å²) in [5.41, 5.74) is 8.47. The van der Waals surface area contributed by atoms with Crippen LogP contribution in [-0.4, -0.2) is 12.5 Å². The first kappa shape index (κ1) is 13.6. The molecule has 0 radical (unpaired) electrons. The minimum absolute atomic E-state index is 0.0901. The van der Waals surface area contributed by atoms with Crippen LogP contribution in [0.1, 0.15) is 11.1 Å². The van der Waals surface area contributed by atoms with Crippen molar-refractivity contribution in [3.8, 4) is 0 Å². The Hall–Kier alpha value is -2.40. The topological polar surface area (TPSA) is 58.4 Å². The van der Waals surface area contributed by atoms with Crippen molar-refractivity contribution in [3.63, 3.8) is 0 Å². The maximum atomic E-state index is 14.1. The highest BCUT2D eigenvalue weighted by molar-refractivity contribution is 6.01. The van der Waals surface area contributed by atoms with Crippen LogP contribution in [0.15, 0.2) is 42.5 Å². The molecule has 0 saturated carbocycles. The van der Waals surface area contributed by atoms with Crippen molar-refractivity contribution in [1.29, 1.82) is 0 Å². The molecule has 2 aromatic rings. The maximum absolute atomic E-state index is 14.1. The molecule has 0 aliphatic carbocycles. The predicted molar refractivity (Wildman–Crippen MR) is 80.4 cm³/mol. The fourth-order valence-electron chi connectivity index (χ4n) is 2.50. The van der Waals surface area contributed by atoms with Crippen LogP contribution < -0.4 is 16.0 Å². The van der Waals surface area contributed by atoms with Crippen LogP contribution in [0, 0.1) is 5.82 Å². The first-order valence-corrected chi connectivity index (χ1v) is 6.78. The predicted octanol–water partition coefficient (Wildman–Crippen LogP) is 2.24. The summed E-state index contributed by atoms with van der Waals surface area (Å²) in [6.45, 7) is 0.877. The minimum Gasteiger partial charge on any atom is -0.356 e. The van der Waals surface area contributed by atoms with Gasteiger partial charge in [-0.1, -0.05) is 24.3 Å². The number of nitrogens with two attached hydrogens (primary N) is 1. The number of hydrogen-bond acceptors (Lipinski definition) is 3. The summed E-state index contributed by atoms with van der Waals surface area (Å²) < 4.78 is 14.1. The highest BCUT2D eigenvalue weighted by atomic mass is 19.1. The molecule has 5 heteroatoms. The lowest BCUT2D eigenvalue weighted by Crippen LogP contribution is -2.37. The molecule has 3 rings (SSSR count). The monoisotopic (exact) mass is 285 g/mol. The average Bonchev–Trinajstić information content (AvgIpc) is 2.49. The van der Waals surface area contributed by atoms with Gasteiger partial charge in [0.1, 0.15) is 5.82 Å². The number of para-hydroxylation sites is 2. The molecule has 3 N–H and O–H groups in total. The third-order valence-electron chi connectivity index (χ3n) is 3.57. The summed E-state index contributed by atoms with van der Waals surface area (Å²) in [5.74, 6) is -0.380. The quantitative estimate of drug-likeness (QED) is 0.909. The molecule has 108 valence electrons. The van der Waals surface area contributed by atoms with Crippen LogP contribution in [0.25, 0.3) is 0 Å². The van der Waals surface area contributed by atoms with Crippen molar-refractivity contribution in [2.45, 2.75) is 13.1 Å². The van der Waals surface area contributed by atoms with Crippen LogP contribution in [0.3, 0.4) is 0 Å². The molecule has 0 bridgehead atoms. The molecule has 0 fully saturated rings. The van der Waals surface area contributed by atoms with E-state index in [1.807, 2.05) is 35.2 Å². The van der Waals surface area contributed by atoms with Crippen LogP contribution in [-0.2, 0) is 17.9 Å². The van der Waals surface area contributed by atoms with Gasteiger partial charge in [0.25, 0.3) is 0 Å². The highest BCUT2D eigenvalue weighted by Gasteiger charge is 2.22. The normalized spacial score (nSPS) is 13.8. The number of amides is 1. The van der Waals surface area contributed by atoms with E-state index in [0.29, 0.717) is 18.7 Å². The third kappa shape index (κ3) is 2.73. The van der Waals surface area contributed by atoms with Gasteiger partial charge in [0, 0.05) is 18.7 Å². The van der Waals surface area contributed by atoms with Gasteiger partial charge in [-0.05, 0) is 23.8 Å². The van der Waals surface area contributed by atoms with Crippen LogP contribution in [0.2, 0.25) is 0 Å². The second-order valence-corrected chi connectivity index (χ2v) is 5.05. The van der Waals surface area contributed by atoms with Crippen molar-refractivity contribution >= 4 is 17.3 Å². The van der Waals surface area contributed by atoms with E-state index in [1.165, 1.54) is 6.07 Å². The van der Waals surface area contributed by atoms with Gasteiger partial charge in [-0.3, -0.25) is 4.79 Å². The van der Waals surface area contributed by atoms with E-state index in [-0.39, 0.29) is 18.3 Å². The Balaban J connectivity index is 1.90. The van der Waals surface area contributed by atoms with Gasteiger partial charge in [-0.25, -0.2) is 4.39 Å². The van der Waals surface area contributed by atoms with Crippen molar-refractivity contribution in [2.75, 3.05) is 16.8 Å². The van der Waals surface area contributed by atoms with Gasteiger partial charge in [0.05, 0.1) is 17.9 Å². The maximum Gasteiger partial charge on any atom is 0.243 e. The molecule has 1 heterocycles. The number of carbonyl (C=O) groups is 1. The van der Waals surface area contributed by atoms with Gasteiger partial charge in [0.15, 0.2) is 0 Å². The number of rotatable bonds is 3. The molecule has 0 unspecified atom stereocenters. The zero-order chi connectivity index (χ0) is 14.8. The van der Waals surface area contributed by atoms with Crippen molar-refractivity contribution in [3.05, 3.63) is 59.4 Å². The molecule has 21 heavy (non-hydrogen) atoms. The molecule has 4 nitrogen and oxygen atoms in total. The summed E-state index contributed by atoms with van der Waals surface area (Å²) in [4.78, 5) is 13.6. The van der Waals surface area contributed by atoms with Gasteiger partial charge >= 0.3 is 0 Å². The number of nitrogens with one attached hydrogen (secondary N) is 1. The van der Waals surface area contributed by atoms with E-state index in [0.717, 1.165) is 16.9 Å². The lowest BCUT2D eigenvalue weighted by molar-refractivity contribution is -0.115. The molecule has 2 aromatic carbocycles. The van der Waals surface area contributed by atoms with Gasteiger partial charge in [0.2, 0.25) is 5.91 Å². The van der Waals surface area contributed by atoms with E-state index in [9.17, 15) is 9.18 Å². The van der Waals surface area contributed by atoms with Gasteiger partial charge in [-0.2, -0.15) is 0 Å². The van der Waals surface area contributed by atoms with Gasteiger partial charge < -0.3 is 16.0 Å². The van der Waals surface area contributed by atoms with Crippen LogP contribution >= 0.6 is 0 Å². The molecule has 0 spiro atoms. The van der Waals surface area contributed by atoms with E-state index >= 15 is 0 Å². The Kier molecular flexibility index (Phi) is 3.58. The Bertz CT molecular complexity index is 687. The molecular weight excluding hydrogens is 269 g/mol. The SMILES string of the molecule is NCc1ccc(CN2CC(=O)Nc3ccccc32)c(F)c1. The average molecular weight is 285 g/mol. The second kappa shape index (κ2) is 5.54. The molecule has 0 atom stereocenters. The fraction of sp³-hybridized carbons (Fsp3) is 0.188. The van der Waals surface area contributed by atoms with Crippen LogP contribution in [0.4, 0.5) is 15.8 Å². The smallest absolute Gasteiger partial charge is 0.243 e. The van der Waals surface area contributed by atoms with E-state index in [1.54, 1.807) is 6.07 Å². The molecule has 0 aromatic heterocycles. The zero-order valence-corrected chi connectivity index (χ0v) is 11.5. The fourth-order valence-corrected chi connectivity index (χ4v) is 2.50. The largest absolute Gasteiger partial charge is 0.356 e. The van der Waals surface area contributed by atoms with E-state index in [4.69, 9.17) is 5.73 Å². The number of nitrogens with zero attached hydrogens (tertiary/aromatic N) is 1. The molecule has 1 amide bonds. The number of fused-ring (bicyclic) bond motifs is 1. The number of benzene rings is 2. The summed E-state index contributed by atoms with van der Waals surface area (Å²) in [6, 6.07) is 12.5. The Labute approximate surface area is 122 Å². The first-order valence-electron chi connectivity index (χ1n) is 6.78. The Morgan fingerprint density at radius 1 is 1.24 bits per heavy atom. The lowest BCUT2D eigenvalue weighted by atomic mass is 10.1. The first-order chi connectivity index (χ1) is 10.2. The van der Waals surface area contributed by atoms with Crippen molar-refractivity contribution in [1.82, 2.24) is 0 Å². The number of anilines is 2.